The highest BCUT2D eigenvalue weighted by Gasteiger charge is 2.22. The molecule has 0 radical (unpaired) electrons. The molecule has 0 bridgehead atoms. The number of fused-ring (bicyclic) bond motifs is 1. The molecule has 1 fully saturated rings. The van der Waals surface area contributed by atoms with Crippen molar-refractivity contribution in [3.05, 3.63) is 40.5 Å². The summed E-state index contributed by atoms with van der Waals surface area (Å²) in [4.78, 5) is 7.11. The summed E-state index contributed by atoms with van der Waals surface area (Å²) >= 11 is 3.61. The third kappa shape index (κ3) is 2.87. The second-order valence-electron chi connectivity index (χ2n) is 5.55. The van der Waals surface area contributed by atoms with Gasteiger partial charge in [0, 0.05) is 29.1 Å². The monoisotopic (exact) mass is 333 g/mol. The van der Waals surface area contributed by atoms with Gasteiger partial charge in [-0.05, 0) is 50.2 Å². The lowest BCUT2D eigenvalue weighted by atomic mass is 10.1. The van der Waals surface area contributed by atoms with E-state index in [4.69, 9.17) is 0 Å². The number of hydrogen-bond donors (Lipinski definition) is 1. The van der Waals surface area contributed by atoms with Gasteiger partial charge in [0.25, 0.3) is 0 Å². The van der Waals surface area contributed by atoms with Gasteiger partial charge in [-0.25, -0.2) is 0 Å². The number of aromatic nitrogens is 1. The van der Waals surface area contributed by atoms with E-state index in [1.165, 1.54) is 30.5 Å². The van der Waals surface area contributed by atoms with Crippen molar-refractivity contribution >= 4 is 26.8 Å². The van der Waals surface area contributed by atoms with Gasteiger partial charge in [0.05, 0.1) is 5.52 Å². The first-order valence-electron chi connectivity index (χ1n) is 7.17. The molecule has 1 N–H and O–H groups in total. The van der Waals surface area contributed by atoms with Crippen molar-refractivity contribution < 1.29 is 0 Å². The average Bonchev–Trinajstić information content (AvgIpc) is 2.90. The van der Waals surface area contributed by atoms with E-state index in [9.17, 15) is 0 Å². The molecule has 2 heterocycles. The quantitative estimate of drug-likeness (QED) is 0.932. The predicted molar refractivity (Wildman–Crippen MR) is 86.8 cm³/mol. The molecule has 1 aliphatic rings. The van der Waals surface area contributed by atoms with E-state index in [0.717, 1.165) is 29.0 Å². The molecule has 1 saturated heterocycles. The minimum atomic E-state index is 0.787. The molecule has 1 atom stereocenters. The molecule has 3 rings (SSSR count). The number of nitrogens with one attached hydrogen (secondary N) is 1. The molecule has 3 nitrogen and oxygen atoms in total. The zero-order valence-electron chi connectivity index (χ0n) is 11.8. The van der Waals surface area contributed by atoms with Gasteiger partial charge in [0.1, 0.15) is 0 Å². The highest BCUT2D eigenvalue weighted by molar-refractivity contribution is 9.10. The Morgan fingerprint density at radius 2 is 2.30 bits per heavy atom. The zero-order valence-corrected chi connectivity index (χ0v) is 13.4. The Balaban J connectivity index is 1.80. The summed E-state index contributed by atoms with van der Waals surface area (Å²) < 4.78 is 1.12. The smallest absolute Gasteiger partial charge is 0.0758 e. The van der Waals surface area contributed by atoms with Crippen molar-refractivity contribution in [2.45, 2.75) is 13.0 Å². The van der Waals surface area contributed by atoms with Crippen LogP contribution in [-0.4, -0.2) is 36.6 Å². The van der Waals surface area contributed by atoms with Crippen molar-refractivity contribution in [2.75, 3.05) is 26.7 Å². The van der Waals surface area contributed by atoms with Gasteiger partial charge in [-0.2, -0.15) is 0 Å². The van der Waals surface area contributed by atoms with Crippen LogP contribution in [0.15, 0.2) is 34.9 Å². The molecule has 4 heteroatoms. The molecule has 20 heavy (non-hydrogen) atoms. The highest BCUT2D eigenvalue weighted by atomic mass is 79.9. The molecule has 0 saturated carbocycles. The second kappa shape index (κ2) is 6.20. The summed E-state index contributed by atoms with van der Waals surface area (Å²) in [6.45, 7) is 4.50. The first-order valence-corrected chi connectivity index (χ1v) is 7.96. The van der Waals surface area contributed by atoms with Crippen LogP contribution in [0.3, 0.4) is 0 Å². The first kappa shape index (κ1) is 14.0. The van der Waals surface area contributed by atoms with Gasteiger partial charge in [0.15, 0.2) is 0 Å². The number of halogens is 1. The van der Waals surface area contributed by atoms with Crippen LogP contribution in [0.4, 0.5) is 0 Å². The molecule has 1 unspecified atom stereocenters. The largest absolute Gasteiger partial charge is 0.319 e. The Morgan fingerprint density at radius 3 is 3.15 bits per heavy atom. The van der Waals surface area contributed by atoms with E-state index in [2.05, 4.69) is 49.3 Å². The van der Waals surface area contributed by atoms with E-state index >= 15 is 0 Å². The Labute approximate surface area is 128 Å². The molecule has 1 aromatic carbocycles. The summed E-state index contributed by atoms with van der Waals surface area (Å²) in [5.41, 5.74) is 2.45. The number of benzene rings is 1. The summed E-state index contributed by atoms with van der Waals surface area (Å²) in [5.74, 6) is 0.787. The zero-order chi connectivity index (χ0) is 13.9. The lowest BCUT2D eigenvalue weighted by molar-refractivity contribution is 0.316. The molecule has 1 aliphatic heterocycles. The summed E-state index contributed by atoms with van der Waals surface area (Å²) in [7, 11) is 2.04. The van der Waals surface area contributed by atoms with Crippen molar-refractivity contribution in [1.29, 1.82) is 0 Å². The first-order chi connectivity index (χ1) is 9.78. The van der Waals surface area contributed by atoms with Gasteiger partial charge < -0.3 is 5.32 Å². The fourth-order valence-electron chi connectivity index (χ4n) is 3.08. The lowest BCUT2D eigenvalue weighted by Gasteiger charge is -2.17. The predicted octanol–water partition coefficient (Wildman–Crippen LogP) is 3.04. The maximum Gasteiger partial charge on any atom is 0.0758 e. The van der Waals surface area contributed by atoms with Crippen LogP contribution in [0.5, 0.6) is 0 Å². The SMILES string of the molecule is CNCC1CCN(Cc2ccc(Br)c3cccnc23)C1. The van der Waals surface area contributed by atoms with Crippen LogP contribution in [0, 0.1) is 5.92 Å². The molecular weight excluding hydrogens is 314 g/mol. The minimum Gasteiger partial charge on any atom is -0.319 e. The molecule has 0 aliphatic carbocycles. The number of likely N-dealkylation sites (tertiary alicyclic amines) is 1. The Morgan fingerprint density at radius 1 is 1.40 bits per heavy atom. The Kier molecular flexibility index (Phi) is 4.34. The third-order valence-electron chi connectivity index (χ3n) is 4.06. The Bertz CT molecular complexity index is 599. The maximum atomic E-state index is 4.57. The number of rotatable bonds is 4. The highest BCUT2D eigenvalue weighted by Crippen LogP contribution is 2.27. The van der Waals surface area contributed by atoms with Gasteiger partial charge in [-0.1, -0.05) is 28.1 Å². The molecule has 0 amide bonds. The van der Waals surface area contributed by atoms with Gasteiger partial charge in [-0.3, -0.25) is 9.88 Å². The maximum absolute atomic E-state index is 4.57. The molecule has 106 valence electrons. The van der Waals surface area contributed by atoms with Gasteiger partial charge in [-0.15, -0.1) is 0 Å². The van der Waals surface area contributed by atoms with Crippen LogP contribution >= 0.6 is 15.9 Å². The van der Waals surface area contributed by atoms with E-state index in [0.29, 0.717) is 0 Å². The molecule has 0 spiro atoms. The number of nitrogens with zero attached hydrogens (tertiary/aromatic N) is 2. The van der Waals surface area contributed by atoms with Crippen LogP contribution in [0.2, 0.25) is 0 Å². The lowest BCUT2D eigenvalue weighted by Crippen LogP contribution is -2.24. The van der Waals surface area contributed by atoms with E-state index < -0.39 is 0 Å². The van der Waals surface area contributed by atoms with E-state index in [-0.39, 0.29) is 0 Å². The molecule has 2 aromatic rings. The van der Waals surface area contributed by atoms with Crippen molar-refractivity contribution in [1.82, 2.24) is 15.2 Å². The molecular formula is C16H20BrN3. The van der Waals surface area contributed by atoms with E-state index in [1.807, 2.05) is 19.3 Å². The van der Waals surface area contributed by atoms with Crippen LogP contribution in [-0.2, 0) is 6.54 Å². The molecule has 1 aromatic heterocycles. The summed E-state index contributed by atoms with van der Waals surface area (Å²) in [5, 5.41) is 4.49. The third-order valence-corrected chi connectivity index (χ3v) is 4.75. The van der Waals surface area contributed by atoms with Crippen LogP contribution in [0.25, 0.3) is 10.9 Å². The van der Waals surface area contributed by atoms with Gasteiger partial charge in [0.2, 0.25) is 0 Å². The average molecular weight is 334 g/mol. The normalized spacial score (nSPS) is 19.8. The van der Waals surface area contributed by atoms with Crippen molar-refractivity contribution in [3.63, 3.8) is 0 Å². The standard InChI is InChI=1S/C16H20BrN3/c1-18-9-12-6-8-20(10-12)11-13-4-5-15(17)14-3-2-7-19-16(13)14/h2-5,7,12,18H,6,8-11H2,1H3. The van der Waals surface area contributed by atoms with Crippen LogP contribution in [0.1, 0.15) is 12.0 Å². The fraction of sp³-hybridized carbons (Fsp3) is 0.438. The fourth-order valence-corrected chi connectivity index (χ4v) is 3.53. The second-order valence-corrected chi connectivity index (χ2v) is 6.41. The Hall–Kier alpha value is -0.970. The summed E-state index contributed by atoms with van der Waals surface area (Å²) in [6, 6.07) is 8.46. The summed E-state index contributed by atoms with van der Waals surface area (Å²) in [6.07, 6.45) is 3.18. The van der Waals surface area contributed by atoms with Crippen molar-refractivity contribution in [3.8, 4) is 0 Å². The van der Waals surface area contributed by atoms with Gasteiger partial charge >= 0.3 is 0 Å². The number of hydrogen-bond acceptors (Lipinski definition) is 3. The van der Waals surface area contributed by atoms with Crippen LogP contribution < -0.4 is 5.32 Å². The van der Waals surface area contributed by atoms with Crippen molar-refractivity contribution in [2.24, 2.45) is 5.92 Å². The minimum absolute atomic E-state index is 0.787. The van der Waals surface area contributed by atoms with E-state index in [1.54, 1.807) is 0 Å². The topological polar surface area (TPSA) is 28.2 Å². The number of pyridine rings is 1.